The largest absolute Gasteiger partial charge is 0.313 e. The van der Waals surface area contributed by atoms with Crippen molar-refractivity contribution in [3.8, 4) is 10.6 Å². The predicted octanol–water partition coefficient (Wildman–Crippen LogP) is 5.56. The van der Waals surface area contributed by atoms with E-state index in [2.05, 4.69) is 10.3 Å². The van der Waals surface area contributed by atoms with E-state index in [-0.39, 0.29) is 37.0 Å². The standard InChI is InChI=1S/C22H22F2N2O2S2/c1-11-10-29-20(25-11)18-14-6-7-22(23,24)8-16(14)30-21(18)26-19(28)17-13-4-2-12(3-5-13)15(17)9-27/h9-10,12-13H,2-8H2,1H3,(H,26,28). The second kappa shape index (κ2) is 7.34. The number of carbonyl (C=O) groups excluding carboxylic acids is 2. The van der Waals surface area contributed by atoms with E-state index < -0.39 is 5.92 Å². The monoisotopic (exact) mass is 448 g/mol. The number of alkyl halides is 2. The molecule has 30 heavy (non-hydrogen) atoms. The van der Waals surface area contributed by atoms with Crippen LogP contribution >= 0.6 is 22.7 Å². The third-order valence-corrected chi connectivity index (χ3v) is 8.69. The van der Waals surface area contributed by atoms with Gasteiger partial charge in [-0.1, -0.05) is 0 Å². The highest BCUT2D eigenvalue weighted by Crippen LogP contribution is 2.49. The molecule has 0 unspecified atom stereocenters. The third-order valence-electron chi connectivity index (χ3n) is 6.57. The van der Waals surface area contributed by atoms with Gasteiger partial charge in [0.1, 0.15) is 16.3 Å². The highest BCUT2D eigenvalue weighted by Gasteiger charge is 2.40. The molecule has 0 radical (unpaired) electrons. The number of nitrogens with one attached hydrogen (secondary N) is 1. The fraction of sp³-hybridized carbons (Fsp3) is 0.500. The van der Waals surface area contributed by atoms with Gasteiger partial charge in [0.05, 0.1) is 0 Å². The number of allylic oxidation sites excluding steroid dienone is 1. The van der Waals surface area contributed by atoms with Gasteiger partial charge in [0.25, 0.3) is 11.8 Å². The number of thiophene rings is 1. The van der Waals surface area contributed by atoms with E-state index in [0.717, 1.165) is 53.8 Å². The first-order valence-corrected chi connectivity index (χ1v) is 12.0. The van der Waals surface area contributed by atoms with Crippen molar-refractivity contribution >= 4 is 39.9 Å². The fourth-order valence-electron chi connectivity index (χ4n) is 5.13. The van der Waals surface area contributed by atoms with Crippen molar-refractivity contribution < 1.29 is 18.4 Å². The molecule has 4 aliphatic rings. The van der Waals surface area contributed by atoms with Crippen molar-refractivity contribution in [2.75, 3.05) is 5.32 Å². The predicted molar refractivity (Wildman–Crippen MR) is 114 cm³/mol. The van der Waals surface area contributed by atoms with E-state index in [4.69, 9.17) is 0 Å². The van der Waals surface area contributed by atoms with Gasteiger partial charge >= 0.3 is 0 Å². The van der Waals surface area contributed by atoms with Gasteiger partial charge in [0.15, 0.2) is 0 Å². The van der Waals surface area contributed by atoms with Crippen LogP contribution in [0, 0.1) is 18.8 Å². The molecule has 1 N–H and O–H groups in total. The first-order valence-electron chi connectivity index (χ1n) is 10.3. The molecule has 0 aliphatic heterocycles. The lowest BCUT2D eigenvalue weighted by Gasteiger charge is -2.37. The van der Waals surface area contributed by atoms with Crippen LogP contribution in [0.5, 0.6) is 0 Å². The van der Waals surface area contributed by atoms with Crippen molar-refractivity contribution in [3.63, 3.8) is 0 Å². The Morgan fingerprint density at radius 2 is 2.00 bits per heavy atom. The molecule has 0 atom stereocenters. The molecule has 2 heterocycles. The molecule has 1 fully saturated rings. The van der Waals surface area contributed by atoms with E-state index >= 15 is 0 Å². The number of hydrogen-bond acceptors (Lipinski definition) is 5. The number of anilines is 1. The number of amides is 1. The first kappa shape index (κ1) is 20.0. The topological polar surface area (TPSA) is 59.1 Å². The van der Waals surface area contributed by atoms with Gasteiger partial charge in [0.2, 0.25) is 0 Å². The van der Waals surface area contributed by atoms with Gasteiger partial charge < -0.3 is 5.32 Å². The summed E-state index contributed by atoms with van der Waals surface area (Å²) >= 11 is 2.70. The summed E-state index contributed by atoms with van der Waals surface area (Å²) in [6, 6.07) is 0. The lowest BCUT2D eigenvalue weighted by atomic mass is 9.67. The zero-order chi connectivity index (χ0) is 21.0. The summed E-state index contributed by atoms with van der Waals surface area (Å²) in [4.78, 5) is 30.2. The summed E-state index contributed by atoms with van der Waals surface area (Å²) in [5.74, 6) is -2.69. The number of hydrogen-bond donors (Lipinski definition) is 1. The van der Waals surface area contributed by atoms with Crippen LogP contribution in [0.1, 0.15) is 48.2 Å². The molecule has 2 bridgehead atoms. The molecule has 4 nitrogen and oxygen atoms in total. The van der Waals surface area contributed by atoms with Crippen molar-refractivity contribution in [3.05, 3.63) is 32.7 Å². The van der Waals surface area contributed by atoms with Crippen LogP contribution in [0.3, 0.4) is 0 Å². The molecule has 2 aromatic rings. The fourth-order valence-corrected chi connectivity index (χ4v) is 7.39. The summed E-state index contributed by atoms with van der Waals surface area (Å²) in [7, 11) is 0. The molecular formula is C22H22F2N2O2S2. The molecule has 8 heteroatoms. The van der Waals surface area contributed by atoms with Crippen molar-refractivity contribution in [2.45, 2.75) is 57.8 Å². The van der Waals surface area contributed by atoms with Gasteiger partial charge in [-0.15, -0.1) is 22.7 Å². The van der Waals surface area contributed by atoms with Crippen LogP contribution in [0.4, 0.5) is 13.8 Å². The number of carbonyl (C=O) groups is 2. The summed E-state index contributed by atoms with van der Waals surface area (Å²) in [5, 5.41) is 6.26. The van der Waals surface area contributed by atoms with Gasteiger partial charge in [-0.2, -0.15) is 0 Å². The number of rotatable bonds is 4. The molecule has 1 amide bonds. The van der Waals surface area contributed by atoms with Gasteiger partial charge in [-0.25, -0.2) is 13.8 Å². The number of aldehydes is 1. The minimum Gasteiger partial charge on any atom is -0.313 e. The third kappa shape index (κ3) is 3.34. The minimum absolute atomic E-state index is 0.111. The van der Waals surface area contributed by atoms with Gasteiger partial charge in [-0.3, -0.25) is 9.59 Å². The van der Waals surface area contributed by atoms with E-state index in [1.165, 1.54) is 22.7 Å². The van der Waals surface area contributed by atoms with Crippen molar-refractivity contribution in [2.24, 2.45) is 11.8 Å². The van der Waals surface area contributed by atoms with Crippen LogP contribution in [-0.4, -0.2) is 23.1 Å². The Labute approximate surface area is 181 Å². The number of aryl methyl sites for hydroxylation is 1. The summed E-state index contributed by atoms with van der Waals surface area (Å²) in [6.07, 6.45) is 4.40. The quantitative estimate of drug-likeness (QED) is 0.623. The number of fused-ring (bicyclic) bond motifs is 3. The number of nitrogens with zero attached hydrogens (tertiary/aromatic N) is 1. The van der Waals surface area contributed by atoms with Gasteiger partial charge in [-0.05, 0) is 56.4 Å². The average Bonchev–Trinajstić information content (AvgIpc) is 3.29. The van der Waals surface area contributed by atoms with Crippen LogP contribution in [-0.2, 0) is 22.4 Å². The minimum atomic E-state index is -2.72. The summed E-state index contributed by atoms with van der Waals surface area (Å²) < 4.78 is 28.1. The van der Waals surface area contributed by atoms with E-state index in [1.807, 2.05) is 12.3 Å². The second-order valence-corrected chi connectivity index (χ2v) is 10.5. The first-order chi connectivity index (χ1) is 14.4. The maximum Gasteiger partial charge on any atom is 0.253 e. The highest BCUT2D eigenvalue weighted by molar-refractivity contribution is 7.18. The molecule has 1 saturated carbocycles. The number of thiazole rings is 1. The van der Waals surface area contributed by atoms with E-state index in [9.17, 15) is 18.4 Å². The number of halogens is 2. The molecule has 4 aliphatic carbocycles. The summed E-state index contributed by atoms with van der Waals surface area (Å²) in [5.41, 5.74) is 3.76. The SMILES string of the molecule is Cc1csc(-c2c(NC(=O)C3=C(C=O)C4CCC3CC4)sc3c2CCC(F)(F)C3)n1. The smallest absolute Gasteiger partial charge is 0.253 e. The maximum atomic E-state index is 14.0. The van der Waals surface area contributed by atoms with E-state index in [1.54, 1.807) is 0 Å². The molecule has 0 aromatic carbocycles. The molecule has 0 spiro atoms. The van der Waals surface area contributed by atoms with Crippen molar-refractivity contribution in [1.82, 2.24) is 4.98 Å². The molecule has 6 rings (SSSR count). The van der Waals surface area contributed by atoms with Gasteiger partial charge in [0, 0.05) is 45.5 Å². The lowest BCUT2D eigenvalue weighted by molar-refractivity contribution is -0.114. The second-order valence-electron chi connectivity index (χ2n) is 8.52. The Bertz CT molecular complexity index is 1060. The van der Waals surface area contributed by atoms with E-state index in [0.29, 0.717) is 21.0 Å². The zero-order valence-corrected chi connectivity index (χ0v) is 18.2. The van der Waals surface area contributed by atoms with Crippen LogP contribution < -0.4 is 5.32 Å². The molecule has 2 aromatic heterocycles. The zero-order valence-electron chi connectivity index (χ0n) is 16.6. The highest BCUT2D eigenvalue weighted by atomic mass is 32.1. The molecule has 0 saturated heterocycles. The Hall–Kier alpha value is -1.93. The molecule has 158 valence electrons. The van der Waals surface area contributed by atoms with Crippen molar-refractivity contribution in [1.29, 1.82) is 0 Å². The van der Waals surface area contributed by atoms with Crippen LogP contribution in [0.2, 0.25) is 0 Å². The Kier molecular flexibility index (Phi) is 4.89. The lowest BCUT2D eigenvalue weighted by Crippen LogP contribution is -2.33. The number of aromatic nitrogens is 1. The summed E-state index contributed by atoms with van der Waals surface area (Å²) in [6.45, 7) is 1.89. The van der Waals surface area contributed by atoms with Crippen LogP contribution in [0.15, 0.2) is 16.5 Å². The normalized spacial score (nSPS) is 24.6. The average molecular weight is 449 g/mol. The Morgan fingerprint density at radius 3 is 2.67 bits per heavy atom. The Morgan fingerprint density at radius 1 is 1.27 bits per heavy atom. The van der Waals surface area contributed by atoms with Crippen LogP contribution in [0.25, 0.3) is 10.6 Å². The maximum absolute atomic E-state index is 14.0. The Balaban J connectivity index is 1.55. The molecular weight excluding hydrogens is 426 g/mol.